The van der Waals surface area contributed by atoms with Gasteiger partial charge in [-0.3, -0.25) is 0 Å². The number of benzene rings is 1. The zero-order valence-electron chi connectivity index (χ0n) is 14.1. The van der Waals surface area contributed by atoms with Crippen LogP contribution in [0.3, 0.4) is 0 Å². The van der Waals surface area contributed by atoms with Crippen LogP contribution in [0.1, 0.15) is 24.8 Å². The predicted octanol–water partition coefficient (Wildman–Crippen LogP) is 3.13. The smallest absolute Gasteiger partial charge is 0.317 e. The van der Waals surface area contributed by atoms with Crippen LogP contribution in [0.25, 0.3) is 0 Å². The van der Waals surface area contributed by atoms with E-state index in [1.165, 1.54) is 0 Å². The molecule has 2 amide bonds. The second-order valence-electron chi connectivity index (χ2n) is 5.70. The lowest BCUT2D eigenvalue weighted by molar-refractivity contribution is 0.104. The molecule has 1 N–H and O–H groups in total. The fourth-order valence-corrected chi connectivity index (χ4v) is 3.22. The Morgan fingerprint density at radius 1 is 1.52 bits per heavy atom. The summed E-state index contributed by atoms with van der Waals surface area (Å²) >= 11 is 1.65. The van der Waals surface area contributed by atoms with Gasteiger partial charge in [-0.2, -0.15) is 0 Å². The number of carbonyl (C=O) groups is 1. The van der Waals surface area contributed by atoms with Crippen LogP contribution in [0.4, 0.5) is 4.79 Å². The van der Waals surface area contributed by atoms with Crippen molar-refractivity contribution in [1.29, 1.82) is 0 Å². The molecule has 1 aromatic rings. The van der Waals surface area contributed by atoms with E-state index < -0.39 is 0 Å². The molecule has 0 bridgehead atoms. The van der Waals surface area contributed by atoms with E-state index >= 15 is 0 Å². The first-order valence-corrected chi connectivity index (χ1v) is 9.18. The van der Waals surface area contributed by atoms with Crippen molar-refractivity contribution in [3.63, 3.8) is 0 Å². The Labute approximate surface area is 142 Å². The number of nitrogens with one attached hydrogen (secondary N) is 1. The number of carbonyl (C=O) groups excluding carboxylic acids is 1. The number of hydrogen-bond donors (Lipinski definition) is 1. The number of rotatable bonds is 7. The molecular formula is C17H26N2O3S. The van der Waals surface area contributed by atoms with Crippen molar-refractivity contribution in [2.75, 3.05) is 33.6 Å². The van der Waals surface area contributed by atoms with E-state index in [4.69, 9.17) is 9.47 Å². The molecule has 1 atom stereocenters. The van der Waals surface area contributed by atoms with Gasteiger partial charge < -0.3 is 19.7 Å². The zero-order chi connectivity index (χ0) is 16.7. The van der Waals surface area contributed by atoms with Crippen LogP contribution in [0, 0.1) is 0 Å². The second-order valence-corrected chi connectivity index (χ2v) is 6.55. The summed E-state index contributed by atoms with van der Waals surface area (Å²) in [6.45, 7) is 2.06. The van der Waals surface area contributed by atoms with Crippen molar-refractivity contribution < 1.29 is 14.3 Å². The van der Waals surface area contributed by atoms with Crippen LogP contribution in [-0.2, 0) is 11.3 Å². The number of hydrogen-bond acceptors (Lipinski definition) is 4. The number of amides is 2. The third-order valence-corrected chi connectivity index (χ3v) is 4.76. The number of thioether (sulfide) groups is 1. The van der Waals surface area contributed by atoms with E-state index in [0.717, 1.165) is 42.1 Å². The molecule has 23 heavy (non-hydrogen) atoms. The van der Waals surface area contributed by atoms with Crippen molar-refractivity contribution in [2.24, 2.45) is 0 Å². The first-order valence-electron chi connectivity index (χ1n) is 7.95. The van der Waals surface area contributed by atoms with E-state index in [-0.39, 0.29) is 6.03 Å². The summed E-state index contributed by atoms with van der Waals surface area (Å²) in [7, 11) is 3.47. The molecule has 1 heterocycles. The van der Waals surface area contributed by atoms with Crippen molar-refractivity contribution in [2.45, 2.75) is 36.8 Å². The first-order chi connectivity index (χ1) is 11.1. The van der Waals surface area contributed by atoms with E-state index in [9.17, 15) is 4.79 Å². The molecule has 1 aliphatic rings. The highest BCUT2D eigenvalue weighted by Gasteiger charge is 2.16. The van der Waals surface area contributed by atoms with Gasteiger partial charge in [0.1, 0.15) is 5.75 Å². The van der Waals surface area contributed by atoms with Gasteiger partial charge in [0.2, 0.25) is 0 Å². The van der Waals surface area contributed by atoms with Crippen molar-refractivity contribution in [3.8, 4) is 5.75 Å². The van der Waals surface area contributed by atoms with Crippen LogP contribution in [0.15, 0.2) is 23.1 Å². The molecule has 1 saturated heterocycles. The summed E-state index contributed by atoms with van der Waals surface area (Å²) in [5.74, 6) is 0.849. The van der Waals surface area contributed by atoms with E-state index in [1.807, 2.05) is 24.5 Å². The maximum atomic E-state index is 12.1. The van der Waals surface area contributed by atoms with Crippen molar-refractivity contribution >= 4 is 17.8 Å². The van der Waals surface area contributed by atoms with E-state index in [0.29, 0.717) is 19.2 Å². The van der Waals surface area contributed by atoms with Gasteiger partial charge in [0.15, 0.2) is 0 Å². The highest BCUT2D eigenvalue weighted by molar-refractivity contribution is 7.98. The zero-order valence-corrected chi connectivity index (χ0v) is 14.9. The summed E-state index contributed by atoms with van der Waals surface area (Å²) < 4.78 is 10.9. The molecule has 0 saturated carbocycles. The van der Waals surface area contributed by atoms with Crippen LogP contribution in [0.2, 0.25) is 0 Å². The van der Waals surface area contributed by atoms with Crippen molar-refractivity contribution in [3.05, 3.63) is 23.8 Å². The minimum absolute atomic E-state index is 0.0593. The number of ether oxygens (including phenoxy) is 2. The molecular weight excluding hydrogens is 312 g/mol. The van der Waals surface area contributed by atoms with Gasteiger partial charge in [0.25, 0.3) is 0 Å². The minimum Gasteiger partial charge on any atom is -0.496 e. The maximum Gasteiger partial charge on any atom is 0.317 e. The molecule has 1 aliphatic heterocycles. The lowest BCUT2D eigenvalue weighted by Crippen LogP contribution is -2.38. The first kappa shape index (κ1) is 17.9. The van der Waals surface area contributed by atoms with Crippen LogP contribution >= 0.6 is 11.8 Å². The Bertz CT molecular complexity index is 519. The lowest BCUT2D eigenvalue weighted by Gasteiger charge is -2.19. The highest BCUT2D eigenvalue weighted by Crippen LogP contribution is 2.28. The van der Waals surface area contributed by atoms with Gasteiger partial charge in [0, 0.05) is 31.6 Å². The molecule has 0 aromatic heterocycles. The molecule has 1 fully saturated rings. The Balaban J connectivity index is 1.80. The predicted molar refractivity (Wildman–Crippen MR) is 93.2 cm³/mol. The fourth-order valence-electron chi connectivity index (χ4n) is 2.67. The number of nitrogens with zero attached hydrogens (tertiary/aromatic N) is 1. The van der Waals surface area contributed by atoms with Crippen LogP contribution in [0.5, 0.6) is 5.75 Å². The molecule has 6 heteroatoms. The van der Waals surface area contributed by atoms with Gasteiger partial charge in [-0.25, -0.2) is 4.79 Å². The van der Waals surface area contributed by atoms with Gasteiger partial charge in [-0.15, -0.1) is 11.8 Å². The van der Waals surface area contributed by atoms with E-state index in [1.54, 1.807) is 30.8 Å². The maximum absolute atomic E-state index is 12.1. The molecule has 1 aromatic carbocycles. The monoisotopic (exact) mass is 338 g/mol. The van der Waals surface area contributed by atoms with Crippen molar-refractivity contribution in [1.82, 2.24) is 10.2 Å². The summed E-state index contributed by atoms with van der Waals surface area (Å²) in [5.41, 5.74) is 1.05. The quantitative estimate of drug-likeness (QED) is 0.776. The Kier molecular flexibility index (Phi) is 7.05. The largest absolute Gasteiger partial charge is 0.496 e. The summed E-state index contributed by atoms with van der Waals surface area (Å²) in [4.78, 5) is 14.9. The third-order valence-electron chi connectivity index (χ3n) is 3.98. The van der Waals surface area contributed by atoms with Crippen LogP contribution in [-0.4, -0.2) is 50.6 Å². The van der Waals surface area contributed by atoms with Crippen LogP contribution < -0.4 is 10.1 Å². The lowest BCUT2D eigenvalue weighted by atomic mass is 10.2. The third kappa shape index (κ3) is 5.32. The average Bonchev–Trinajstić information content (AvgIpc) is 3.07. The number of methoxy groups -OCH3 is 1. The topological polar surface area (TPSA) is 50.8 Å². The molecule has 128 valence electrons. The molecule has 0 radical (unpaired) electrons. The SMILES string of the molecule is COc1cc(CN(C)C(=O)NCC[C@@H]2CCCO2)ccc1SC. The van der Waals surface area contributed by atoms with Gasteiger partial charge >= 0.3 is 6.03 Å². The number of urea groups is 1. The summed E-state index contributed by atoms with van der Waals surface area (Å²) in [6.07, 6.45) is 5.45. The standard InChI is InChI=1S/C17H26N2O3S/c1-19(17(20)18-9-8-14-5-4-10-22-14)12-13-6-7-16(23-3)15(11-13)21-2/h6-7,11,14H,4-5,8-10,12H2,1-3H3,(H,18,20)/t14-/m0/s1. The Morgan fingerprint density at radius 3 is 3.00 bits per heavy atom. The van der Waals surface area contributed by atoms with E-state index in [2.05, 4.69) is 5.32 Å². The Morgan fingerprint density at radius 2 is 2.35 bits per heavy atom. The van der Waals surface area contributed by atoms with Gasteiger partial charge in [-0.05, 0) is 43.2 Å². The highest BCUT2D eigenvalue weighted by atomic mass is 32.2. The molecule has 0 aliphatic carbocycles. The van der Waals surface area contributed by atoms with Gasteiger partial charge in [0.05, 0.1) is 13.2 Å². The minimum atomic E-state index is -0.0593. The fraction of sp³-hybridized carbons (Fsp3) is 0.588. The normalized spacial score (nSPS) is 17.1. The Hall–Kier alpha value is -1.40. The summed E-state index contributed by atoms with van der Waals surface area (Å²) in [5, 5.41) is 2.95. The van der Waals surface area contributed by atoms with Gasteiger partial charge in [-0.1, -0.05) is 6.07 Å². The molecule has 0 spiro atoms. The molecule has 5 nitrogen and oxygen atoms in total. The average molecular weight is 338 g/mol. The molecule has 0 unspecified atom stereocenters. The second kappa shape index (κ2) is 9.03. The summed E-state index contributed by atoms with van der Waals surface area (Å²) in [6, 6.07) is 5.99. The molecule has 2 rings (SSSR count).